The van der Waals surface area contributed by atoms with Crippen LogP contribution in [0.25, 0.3) is 5.69 Å². The maximum atomic E-state index is 5.55. The number of aryl methyl sites for hydroxylation is 1. The van der Waals surface area contributed by atoms with Crippen LogP contribution in [-0.4, -0.2) is 30.5 Å². The highest BCUT2D eigenvalue weighted by molar-refractivity contribution is 5.84. The van der Waals surface area contributed by atoms with Crippen LogP contribution in [0.1, 0.15) is 37.7 Å². The highest BCUT2D eigenvalue weighted by atomic mass is 16.5. The van der Waals surface area contributed by atoms with Gasteiger partial charge in [0, 0.05) is 47.6 Å². The molecule has 1 heterocycles. The molecule has 0 radical (unpaired) electrons. The lowest BCUT2D eigenvalue weighted by atomic mass is 10.2. The fourth-order valence-electron chi connectivity index (χ4n) is 3.66. The monoisotopic (exact) mass is 389 g/mol. The van der Waals surface area contributed by atoms with Crippen LogP contribution < -0.4 is 9.64 Å². The van der Waals surface area contributed by atoms with Gasteiger partial charge >= 0.3 is 0 Å². The molecule has 152 valence electrons. The molecule has 0 atom stereocenters. The first-order valence-electron chi connectivity index (χ1n) is 10.4. The smallest absolute Gasteiger partial charge is 0.119 e. The van der Waals surface area contributed by atoms with Gasteiger partial charge in [-0.25, -0.2) is 0 Å². The van der Waals surface area contributed by atoms with Gasteiger partial charge in [0.25, 0.3) is 0 Å². The molecule has 0 saturated heterocycles. The van der Waals surface area contributed by atoms with Crippen LogP contribution in [0.2, 0.25) is 0 Å². The Kier molecular flexibility index (Phi) is 6.76. The Balaban J connectivity index is 1.81. The van der Waals surface area contributed by atoms with E-state index in [2.05, 4.69) is 79.6 Å². The fourth-order valence-corrected chi connectivity index (χ4v) is 3.66. The molecule has 3 aromatic rings. The molecular formula is C25H31N3O. The minimum absolute atomic E-state index is 0.678. The lowest BCUT2D eigenvalue weighted by Crippen LogP contribution is -2.21. The molecule has 4 heteroatoms. The van der Waals surface area contributed by atoms with Crippen molar-refractivity contribution in [2.75, 3.05) is 24.6 Å². The summed E-state index contributed by atoms with van der Waals surface area (Å²) in [7, 11) is 0. The van der Waals surface area contributed by atoms with Gasteiger partial charge in [-0.15, -0.1) is 0 Å². The molecule has 0 aliphatic rings. The minimum atomic E-state index is 0.678. The highest BCUT2D eigenvalue weighted by Crippen LogP contribution is 2.24. The van der Waals surface area contributed by atoms with E-state index in [0.29, 0.717) is 6.61 Å². The first kappa shape index (κ1) is 20.7. The van der Waals surface area contributed by atoms with Gasteiger partial charge in [-0.2, -0.15) is 0 Å². The lowest BCUT2D eigenvalue weighted by molar-refractivity contribution is 0.340. The number of ether oxygens (including phenoxy) is 1. The van der Waals surface area contributed by atoms with Crippen molar-refractivity contribution in [1.29, 1.82) is 0 Å². The van der Waals surface area contributed by atoms with E-state index >= 15 is 0 Å². The number of hydrogen-bond donors (Lipinski definition) is 0. The summed E-state index contributed by atoms with van der Waals surface area (Å²) in [5.74, 6) is 0.897. The zero-order chi connectivity index (χ0) is 20.8. The molecule has 1 aromatic heterocycles. The van der Waals surface area contributed by atoms with E-state index in [-0.39, 0.29) is 0 Å². The normalized spacial score (nSPS) is 11.2. The third kappa shape index (κ3) is 4.70. The van der Waals surface area contributed by atoms with Crippen molar-refractivity contribution in [3.63, 3.8) is 0 Å². The molecule has 0 amide bonds. The quantitative estimate of drug-likeness (QED) is 0.436. The number of benzene rings is 2. The minimum Gasteiger partial charge on any atom is -0.494 e. The second kappa shape index (κ2) is 9.46. The topological polar surface area (TPSA) is 29.8 Å². The summed E-state index contributed by atoms with van der Waals surface area (Å²) in [5.41, 5.74) is 6.82. The third-order valence-electron chi connectivity index (χ3n) is 5.21. The molecule has 0 spiro atoms. The van der Waals surface area contributed by atoms with Crippen molar-refractivity contribution in [1.82, 2.24) is 4.57 Å². The summed E-state index contributed by atoms with van der Waals surface area (Å²) < 4.78 is 7.80. The highest BCUT2D eigenvalue weighted by Gasteiger charge is 2.09. The molecule has 0 saturated carbocycles. The van der Waals surface area contributed by atoms with Crippen LogP contribution in [0.5, 0.6) is 5.75 Å². The Morgan fingerprint density at radius 1 is 0.931 bits per heavy atom. The number of nitrogens with zero attached hydrogens (tertiary/aromatic N) is 3. The van der Waals surface area contributed by atoms with Crippen LogP contribution in [0.3, 0.4) is 0 Å². The zero-order valence-electron chi connectivity index (χ0n) is 18.1. The molecule has 29 heavy (non-hydrogen) atoms. The first-order chi connectivity index (χ1) is 14.1. The van der Waals surface area contributed by atoms with Gasteiger partial charge in [-0.3, -0.25) is 4.99 Å². The summed E-state index contributed by atoms with van der Waals surface area (Å²) in [6, 6.07) is 18.8. The molecule has 0 bridgehead atoms. The van der Waals surface area contributed by atoms with Crippen molar-refractivity contribution < 1.29 is 4.74 Å². The Morgan fingerprint density at radius 3 is 2.17 bits per heavy atom. The predicted molar refractivity (Wildman–Crippen MR) is 124 cm³/mol. The van der Waals surface area contributed by atoms with Gasteiger partial charge in [0.05, 0.1) is 12.3 Å². The van der Waals surface area contributed by atoms with Crippen molar-refractivity contribution in [3.05, 3.63) is 71.5 Å². The zero-order valence-corrected chi connectivity index (χ0v) is 18.1. The Morgan fingerprint density at radius 2 is 1.59 bits per heavy atom. The number of hydrogen-bond acceptors (Lipinski definition) is 3. The molecule has 0 unspecified atom stereocenters. The number of aromatic nitrogens is 1. The Labute approximate surface area is 174 Å². The second-order valence-corrected chi connectivity index (χ2v) is 7.04. The van der Waals surface area contributed by atoms with Gasteiger partial charge < -0.3 is 14.2 Å². The van der Waals surface area contributed by atoms with Crippen LogP contribution in [0.4, 0.5) is 11.4 Å². The maximum Gasteiger partial charge on any atom is 0.119 e. The average Bonchev–Trinajstić information content (AvgIpc) is 3.02. The average molecular weight is 390 g/mol. The van der Waals surface area contributed by atoms with Gasteiger partial charge in [0.2, 0.25) is 0 Å². The number of rotatable bonds is 8. The molecule has 3 rings (SSSR count). The molecule has 0 fully saturated rings. The van der Waals surface area contributed by atoms with Crippen molar-refractivity contribution >= 4 is 17.6 Å². The van der Waals surface area contributed by atoms with E-state index in [4.69, 9.17) is 9.73 Å². The Bertz CT molecular complexity index is 949. The summed E-state index contributed by atoms with van der Waals surface area (Å²) in [6.45, 7) is 13.3. The SMILES string of the molecule is CCOc1ccc(-n2c(C)cc(C=Nc3ccc(N(CC)CC)cc3)c2C)cc1. The lowest BCUT2D eigenvalue weighted by Gasteiger charge is -2.20. The van der Waals surface area contributed by atoms with E-state index in [1.165, 1.54) is 17.1 Å². The van der Waals surface area contributed by atoms with Gasteiger partial charge in [-0.1, -0.05) is 0 Å². The van der Waals surface area contributed by atoms with Gasteiger partial charge in [0.1, 0.15) is 5.75 Å². The van der Waals surface area contributed by atoms with E-state index in [9.17, 15) is 0 Å². The molecule has 2 aromatic carbocycles. The second-order valence-electron chi connectivity index (χ2n) is 7.04. The van der Waals surface area contributed by atoms with Crippen LogP contribution in [0.15, 0.2) is 59.6 Å². The summed E-state index contributed by atoms with van der Waals surface area (Å²) >= 11 is 0. The standard InChI is InChI=1S/C25H31N3O/c1-6-27(7-2)23-11-9-22(10-12-23)26-18-21-17-19(4)28(20(21)5)24-13-15-25(16-14-24)29-8-3/h9-18H,6-8H2,1-5H3. The van der Waals surface area contributed by atoms with E-state index < -0.39 is 0 Å². The van der Waals surface area contributed by atoms with E-state index in [1.807, 2.05) is 25.3 Å². The number of aliphatic imine (C=N–C) groups is 1. The molecule has 0 aliphatic carbocycles. The van der Waals surface area contributed by atoms with Crippen molar-refractivity contribution in [2.45, 2.75) is 34.6 Å². The van der Waals surface area contributed by atoms with Crippen LogP contribution in [-0.2, 0) is 0 Å². The first-order valence-corrected chi connectivity index (χ1v) is 10.4. The third-order valence-corrected chi connectivity index (χ3v) is 5.21. The number of anilines is 1. The van der Waals surface area contributed by atoms with E-state index in [0.717, 1.165) is 35.8 Å². The largest absolute Gasteiger partial charge is 0.494 e. The maximum absolute atomic E-state index is 5.55. The van der Waals surface area contributed by atoms with Crippen molar-refractivity contribution in [3.8, 4) is 11.4 Å². The molecule has 0 N–H and O–H groups in total. The predicted octanol–water partition coefficient (Wildman–Crippen LogP) is 6.09. The van der Waals surface area contributed by atoms with Gasteiger partial charge in [0.15, 0.2) is 0 Å². The van der Waals surface area contributed by atoms with Crippen LogP contribution >= 0.6 is 0 Å². The molecule has 4 nitrogen and oxygen atoms in total. The summed E-state index contributed by atoms with van der Waals surface area (Å²) in [6.07, 6.45) is 1.96. The summed E-state index contributed by atoms with van der Waals surface area (Å²) in [4.78, 5) is 7.03. The van der Waals surface area contributed by atoms with Crippen LogP contribution in [0, 0.1) is 13.8 Å². The summed E-state index contributed by atoms with van der Waals surface area (Å²) in [5, 5.41) is 0. The molecule has 0 aliphatic heterocycles. The Hall–Kier alpha value is -3.01. The van der Waals surface area contributed by atoms with E-state index in [1.54, 1.807) is 0 Å². The molecular weight excluding hydrogens is 358 g/mol. The fraction of sp³-hybridized carbons (Fsp3) is 0.320. The van der Waals surface area contributed by atoms with Crippen molar-refractivity contribution in [2.24, 2.45) is 4.99 Å². The van der Waals surface area contributed by atoms with Gasteiger partial charge in [-0.05, 0) is 89.2 Å².